The van der Waals surface area contributed by atoms with Gasteiger partial charge < -0.3 is 19.5 Å². The van der Waals surface area contributed by atoms with Crippen molar-refractivity contribution in [1.29, 1.82) is 0 Å². The monoisotopic (exact) mass is 389 g/mol. The summed E-state index contributed by atoms with van der Waals surface area (Å²) in [6.07, 6.45) is 0.739. The molecule has 0 fully saturated rings. The first-order valence-corrected chi connectivity index (χ1v) is 9.03. The lowest BCUT2D eigenvalue weighted by Gasteiger charge is -2.18. The summed E-state index contributed by atoms with van der Waals surface area (Å²) in [5.41, 5.74) is 1.81. The van der Waals surface area contributed by atoms with E-state index in [-0.39, 0.29) is 18.9 Å². The van der Waals surface area contributed by atoms with Gasteiger partial charge in [0.25, 0.3) is 5.91 Å². The second-order valence-electron chi connectivity index (χ2n) is 6.04. The highest BCUT2D eigenvalue weighted by atomic mass is 35.5. The average molecular weight is 390 g/mol. The van der Waals surface area contributed by atoms with Gasteiger partial charge in [0.2, 0.25) is 0 Å². The van der Waals surface area contributed by atoms with Gasteiger partial charge in [0, 0.05) is 11.6 Å². The Morgan fingerprint density at radius 1 is 1.00 bits per heavy atom. The first kappa shape index (κ1) is 19.0. The number of nitrogens with one attached hydrogen (secondary N) is 1. The average Bonchev–Trinajstić information content (AvgIpc) is 2.68. The van der Waals surface area contributed by atoms with Crippen molar-refractivity contribution in [3.8, 4) is 11.5 Å². The van der Waals surface area contributed by atoms with Crippen LogP contribution < -0.4 is 14.8 Å². The van der Waals surface area contributed by atoms with Crippen molar-refractivity contribution < 1.29 is 23.8 Å². The van der Waals surface area contributed by atoms with Gasteiger partial charge in [-0.25, -0.2) is 0 Å². The molecule has 7 heteroatoms. The number of amides is 1. The van der Waals surface area contributed by atoms with Crippen LogP contribution in [0.5, 0.6) is 11.5 Å². The molecule has 1 amide bonds. The predicted octanol–water partition coefficient (Wildman–Crippen LogP) is 2.56. The van der Waals surface area contributed by atoms with Crippen LogP contribution in [0.1, 0.15) is 11.1 Å². The van der Waals surface area contributed by atoms with E-state index in [2.05, 4.69) is 5.32 Å². The number of fused-ring (bicyclic) bond motifs is 1. The molecule has 0 radical (unpaired) electrons. The number of esters is 1. The number of rotatable bonds is 7. The maximum Gasteiger partial charge on any atom is 0.310 e. The molecule has 0 spiro atoms. The standard InChI is InChI=1S/C20H20ClNO5/c21-16-4-1-14(2-5-16)12-20(24)27-13-19(23)22-8-7-15-3-6-17-18(11-15)26-10-9-25-17/h1-6,11H,7-10,12-13H2,(H,22,23). The number of carbonyl (C=O) groups is 2. The third-order valence-electron chi connectivity index (χ3n) is 3.97. The van der Waals surface area contributed by atoms with E-state index in [9.17, 15) is 9.59 Å². The Morgan fingerprint density at radius 2 is 1.70 bits per heavy atom. The summed E-state index contributed by atoms with van der Waals surface area (Å²) >= 11 is 5.80. The topological polar surface area (TPSA) is 73.9 Å². The van der Waals surface area contributed by atoms with E-state index in [4.69, 9.17) is 25.8 Å². The van der Waals surface area contributed by atoms with E-state index in [1.165, 1.54) is 0 Å². The molecular weight excluding hydrogens is 370 g/mol. The minimum absolute atomic E-state index is 0.0989. The Bertz CT molecular complexity index is 807. The summed E-state index contributed by atoms with van der Waals surface area (Å²) in [4.78, 5) is 23.6. The quantitative estimate of drug-likeness (QED) is 0.737. The zero-order valence-electron chi connectivity index (χ0n) is 14.7. The lowest BCUT2D eigenvalue weighted by atomic mass is 10.1. The number of benzene rings is 2. The molecule has 3 rings (SSSR count). The Balaban J connectivity index is 1.36. The molecule has 0 saturated heterocycles. The molecule has 2 aromatic rings. The van der Waals surface area contributed by atoms with Gasteiger partial charge in [-0.2, -0.15) is 0 Å². The minimum Gasteiger partial charge on any atom is -0.486 e. The molecule has 0 unspecified atom stereocenters. The summed E-state index contributed by atoms with van der Waals surface area (Å²) in [5.74, 6) is 0.666. The zero-order valence-corrected chi connectivity index (χ0v) is 15.5. The van der Waals surface area contributed by atoms with Gasteiger partial charge >= 0.3 is 5.97 Å². The van der Waals surface area contributed by atoms with Crippen LogP contribution >= 0.6 is 11.6 Å². The molecule has 2 aromatic carbocycles. The highest BCUT2D eigenvalue weighted by molar-refractivity contribution is 6.30. The third-order valence-corrected chi connectivity index (χ3v) is 4.22. The van der Waals surface area contributed by atoms with Crippen LogP contribution in [0, 0.1) is 0 Å². The normalized spacial score (nSPS) is 12.3. The molecule has 1 N–H and O–H groups in total. The first-order chi connectivity index (χ1) is 13.1. The van der Waals surface area contributed by atoms with Crippen molar-refractivity contribution in [3.63, 3.8) is 0 Å². The van der Waals surface area contributed by atoms with Gasteiger partial charge in [-0.1, -0.05) is 29.8 Å². The fourth-order valence-corrected chi connectivity index (χ4v) is 2.73. The molecule has 1 aliphatic heterocycles. The van der Waals surface area contributed by atoms with Crippen LogP contribution in [-0.4, -0.2) is 38.2 Å². The molecule has 0 bridgehead atoms. The zero-order chi connectivity index (χ0) is 19.1. The van der Waals surface area contributed by atoms with Crippen LogP contribution in [0.3, 0.4) is 0 Å². The fourth-order valence-electron chi connectivity index (χ4n) is 2.61. The maximum absolute atomic E-state index is 11.8. The van der Waals surface area contributed by atoms with E-state index < -0.39 is 5.97 Å². The highest BCUT2D eigenvalue weighted by Crippen LogP contribution is 2.30. The van der Waals surface area contributed by atoms with Gasteiger partial charge in [-0.05, 0) is 41.8 Å². The van der Waals surface area contributed by atoms with Gasteiger partial charge in [0.15, 0.2) is 18.1 Å². The maximum atomic E-state index is 11.8. The molecule has 6 nitrogen and oxygen atoms in total. The smallest absolute Gasteiger partial charge is 0.310 e. The minimum atomic E-state index is -0.459. The SMILES string of the molecule is O=C(COC(=O)Cc1ccc(Cl)cc1)NCCc1ccc2c(c1)OCCO2. The molecule has 142 valence electrons. The van der Waals surface area contributed by atoms with Crippen molar-refractivity contribution in [3.05, 3.63) is 58.6 Å². The van der Waals surface area contributed by atoms with E-state index >= 15 is 0 Å². The predicted molar refractivity (Wildman–Crippen MR) is 100 cm³/mol. The second kappa shape index (κ2) is 9.28. The van der Waals surface area contributed by atoms with Gasteiger partial charge in [-0.3, -0.25) is 9.59 Å². The Morgan fingerprint density at radius 3 is 2.48 bits per heavy atom. The molecule has 0 atom stereocenters. The van der Waals surface area contributed by atoms with Crippen molar-refractivity contribution in [1.82, 2.24) is 5.32 Å². The van der Waals surface area contributed by atoms with Crippen molar-refractivity contribution in [2.24, 2.45) is 0 Å². The summed E-state index contributed by atoms with van der Waals surface area (Å²) in [7, 11) is 0. The Labute approximate surface area is 162 Å². The van der Waals surface area contributed by atoms with Crippen LogP contribution in [-0.2, 0) is 27.2 Å². The molecule has 27 heavy (non-hydrogen) atoms. The second-order valence-corrected chi connectivity index (χ2v) is 6.48. The fraction of sp³-hybridized carbons (Fsp3) is 0.300. The summed E-state index contributed by atoms with van der Waals surface area (Å²) < 4.78 is 16.0. The lowest BCUT2D eigenvalue weighted by molar-refractivity contribution is -0.147. The number of halogens is 1. The number of hydrogen-bond donors (Lipinski definition) is 1. The molecule has 0 aromatic heterocycles. The first-order valence-electron chi connectivity index (χ1n) is 8.65. The largest absolute Gasteiger partial charge is 0.486 e. The van der Waals surface area contributed by atoms with Gasteiger partial charge in [0.05, 0.1) is 6.42 Å². The number of ether oxygens (including phenoxy) is 3. The Kier molecular flexibility index (Phi) is 6.54. The van der Waals surface area contributed by atoms with Gasteiger partial charge in [0.1, 0.15) is 13.2 Å². The molecule has 0 saturated carbocycles. The van der Waals surface area contributed by atoms with Crippen LogP contribution in [0.2, 0.25) is 5.02 Å². The van der Waals surface area contributed by atoms with E-state index in [0.717, 1.165) is 22.6 Å². The molecular formula is C20H20ClNO5. The summed E-state index contributed by atoms with van der Waals surface area (Å²) in [5, 5.41) is 3.33. The molecule has 1 heterocycles. The van der Waals surface area contributed by atoms with Crippen molar-refractivity contribution in [2.75, 3.05) is 26.4 Å². The van der Waals surface area contributed by atoms with Gasteiger partial charge in [-0.15, -0.1) is 0 Å². The number of carbonyl (C=O) groups excluding carboxylic acids is 2. The summed E-state index contributed by atoms with van der Waals surface area (Å²) in [6, 6.07) is 12.6. The van der Waals surface area contributed by atoms with E-state index in [0.29, 0.717) is 31.2 Å². The van der Waals surface area contributed by atoms with E-state index in [1.54, 1.807) is 24.3 Å². The van der Waals surface area contributed by atoms with Crippen molar-refractivity contribution >= 4 is 23.5 Å². The Hall–Kier alpha value is -2.73. The lowest BCUT2D eigenvalue weighted by Crippen LogP contribution is -2.30. The molecule has 0 aliphatic carbocycles. The van der Waals surface area contributed by atoms with Crippen LogP contribution in [0.15, 0.2) is 42.5 Å². The third kappa shape index (κ3) is 5.89. The highest BCUT2D eigenvalue weighted by Gasteiger charge is 2.12. The van der Waals surface area contributed by atoms with Crippen molar-refractivity contribution in [2.45, 2.75) is 12.8 Å². The number of hydrogen-bond acceptors (Lipinski definition) is 5. The molecule has 1 aliphatic rings. The van der Waals surface area contributed by atoms with Crippen LogP contribution in [0.4, 0.5) is 0 Å². The summed E-state index contributed by atoms with van der Waals surface area (Å²) in [6.45, 7) is 1.23. The van der Waals surface area contributed by atoms with Crippen LogP contribution in [0.25, 0.3) is 0 Å². The van der Waals surface area contributed by atoms with E-state index in [1.807, 2.05) is 18.2 Å².